The summed E-state index contributed by atoms with van der Waals surface area (Å²) in [5.74, 6) is 0. The summed E-state index contributed by atoms with van der Waals surface area (Å²) >= 11 is 1.65. The highest BCUT2D eigenvalue weighted by molar-refractivity contribution is 7.07. The standard InChI is InChI=1S/C11H13N3O2S/c1-14(5-8-2-3-17-7-8)6-9-4-10(15)13-11(16)12-9/h2-4,7H,5-6H2,1H3,(H2,12,13,15,16). The number of rotatable bonds is 4. The fraction of sp³-hybridized carbons (Fsp3) is 0.273. The Balaban J connectivity index is 2.05. The minimum Gasteiger partial charge on any atom is -0.310 e. The van der Waals surface area contributed by atoms with Gasteiger partial charge in [-0.2, -0.15) is 11.3 Å². The maximum Gasteiger partial charge on any atom is 0.325 e. The second-order valence-electron chi connectivity index (χ2n) is 3.92. The van der Waals surface area contributed by atoms with E-state index in [2.05, 4.69) is 21.4 Å². The quantitative estimate of drug-likeness (QED) is 0.842. The Morgan fingerprint density at radius 2 is 2.12 bits per heavy atom. The Morgan fingerprint density at radius 1 is 1.29 bits per heavy atom. The summed E-state index contributed by atoms with van der Waals surface area (Å²) in [6.45, 7) is 1.33. The maximum atomic E-state index is 11.1. The van der Waals surface area contributed by atoms with Crippen LogP contribution in [-0.2, 0) is 13.1 Å². The van der Waals surface area contributed by atoms with Crippen LogP contribution in [0.25, 0.3) is 0 Å². The van der Waals surface area contributed by atoms with Crippen molar-refractivity contribution >= 4 is 11.3 Å². The van der Waals surface area contributed by atoms with Gasteiger partial charge < -0.3 is 4.98 Å². The topological polar surface area (TPSA) is 69.0 Å². The number of nitrogens with one attached hydrogen (secondary N) is 2. The smallest absolute Gasteiger partial charge is 0.310 e. The summed E-state index contributed by atoms with van der Waals surface area (Å²) in [5.41, 5.74) is 1.02. The molecule has 0 fully saturated rings. The van der Waals surface area contributed by atoms with Gasteiger partial charge in [-0.1, -0.05) is 0 Å². The van der Waals surface area contributed by atoms with Crippen LogP contribution in [-0.4, -0.2) is 21.9 Å². The number of aromatic nitrogens is 2. The molecule has 0 saturated heterocycles. The first kappa shape index (κ1) is 11.8. The molecular formula is C11H13N3O2S. The molecule has 2 rings (SSSR count). The van der Waals surface area contributed by atoms with E-state index >= 15 is 0 Å². The molecule has 0 saturated carbocycles. The summed E-state index contributed by atoms with van der Waals surface area (Å²) in [5, 5.41) is 4.11. The van der Waals surface area contributed by atoms with Crippen molar-refractivity contribution < 1.29 is 0 Å². The van der Waals surface area contributed by atoms with Gasteiger partial charge in [-0.15, -0.1) is 0 Å². The third-order valence-corrected chi connectivity index (χ3v) is 3.02. The van der Waals surface area contributed by atoms with Gasteiger partial charge in [0.15, 0.2) is 0 Å². The van der Waals surface area contributed by atoms with Crippen LogP contribution < -0.4 is 11.2 Å². The molecule has 17 heavy (non-hydrogen) atoms. The van der Waals surface area contributed by atoms with Crippen molar-refractivity contribution in [3.63, 3.8) is 0 Å². The Hall–Kier alpha value is -1.66. The molecule has 0 bridgehead atoms. The van der Waals surface area contributed by atoms with Crippen LogP contribution >= 0.6 is 11.3 Å². The number of hydrogen-bond acceptors (Lipinski definition) is 4. The molecule has 0 atom stereocenters. The average molecular weight is 251 g/mol. The van der Waals surface area contributed by atoms with Crippen molar-refractivity contribution in [2.45, 2.75) is 13.1 Å². The van der Waals surface area contributed by atoms with E-state index in [1.165, 1.54) is 11.6 Å². The SMILES string of the molecule is CN(Cc1ccsc1)Cc1cc(=O)[nH]c(=O)[nH]1. The van der Waals surface area contributed by atoms with E-state index in [0.717, 1.165) is 6.54 Å². The minimum absolute atomic E-state index is 0.368. The van der Waals surface area contributed by atoms with Gasteiger partial charge in [0.1, 0.15) is 0 Å². The normalized spacial score (nSPS) is 10.9. The maximum absolute atomic E-state index is 11.1. The van der Waals surface area contributed by atoms with Crippen LogP contribution in [0.4, 0.5) is 0 Å². The number of nitrogens with zero attached hydrogens (tertiary/aromatic N) is 1. The van der Waals surface area contributed by atoms with Crippen molar-refractivity contribution in [2.24, 2.45) is 0 Å². The second kappa shape index (κ2) is 5.11. The zero-order valence-corrected chi connectivity index (χ0v) is 10.2. The van der Waals surface area contributed by atoms with Crippen molar-refractivity contribution in [2.75, 3.05) is 7.05 Å². The van der Waals surface area contributed by atoms with Gasteiger partial charge in [0.25, 0.3) is 5.56 Å². The number of thiophene rings is 1. The van der Waals surface area contributed by atoms with Gasteiger partial charge in [0, 0.05) is 24.8 Å². The van der Waals surface area contributed by atoms with E-state index < -0.39 is 5.69 Å². The highest BCUT2D eigenvalue weighted by atomic mass is 32.1. The first-order valence-corrected chi connectivity index (χ1v) is 6.10. The van der Waals surface area contributed by atoms with Crippen LogP contribution in [0.2, 0.25) is 0 Å². The van der Waals surface area contributed by atoms with Gasteiger partial charge in [-0.05, 0) is 29.4 Å². The van der Waals surface area contributed by atoms with Gasteiger partial charge in [-0.3, -0.25) is 14.7 Å². The van der Waals surface area contributed by atoms with Crippen LogP contribution in [0.15, 0.2) is 32.5 Å². The molecule has 0 radical (unpaired) electrons. The lowest BCUT2D eigenvalue weighted by Gasteiger charge is -2.15. The molecule has 0 spiro atoms. The summed E-state index contributed by atoms with van der Waals surface area (Å²) in [6.07, 6.45) is 0. The summed E-state index contributed by atoms with van der Waals surface area (Å²) in [7, 11) is 1.94. The summed E-state index contributed by atoms with van der Waals surface area (Å²) < 4.78 is 0. The van der Waals surface area contributed by atoms with Crippen LogP contribution in [0.3, 0.4) is 0 Å². The highest BCUT2D eigenvalue weighted by Crippen LogP contribution is 2.09. The van der Waals surface area contributed by atoms with Crippen LogP contribution in [0.1, 0.15) is 11.3 Å². The second-order valence-corrected chi connectivity index (χ2v) is 4.70. The number of hydrogen-bond donors (Lipinski definition) is 2. The molecule has 2 aromatic rings. The Morgan fingerprint density at radius 3 is 2.76 bits per heavy atom. The number of aromatic amines is 2. The Kier molecular flexibility index (Phi) is 3.55. The highest BCUT2D eigenvalue weighted by Gasteiger charge is 2.03. The minimum atomic E-state index is -0.462. The monoisotopic (exact) mass is 251 g/mol. The zero-order valence-electron chi connectivity index (χ0n) is 9.40. The summed E-state index contributed by atoms with van der Waals surface area (Å²) in [4.78, 5) is 29.0. The third-order valence-electron chi connectivity index (χ3n) is 2.29. The predicted molar refractivity (Wildman–Crippen MR) is 67.2 cm³/mol. The summed E-state index contributed by atoms with van der Waals surface area (Å²) in [6, 6.07) is 3.47. The molecule has 6 heteroatoms. The van der Waals surface area contributed by atoms with Crippen molar-refractivity contribution in [1.82, 2.24) is 14.9 Å². The van der Waals surface area contributed by atoms with Gasteiger partial charge >= 0.3 is 5.69 Å². The lowest BCUT2D eigenvalue weighted by Crippen LogP contribution is -2.26. The van der Waals surface area contributed by atoms with Crippen LogP contribution in [0.5, 0.6) is 0 Å². The van der Waals surface area contributed by atoms with E-state index in [1.807, 2.05) is 17.3 Å². The largest absolute Gasteiger partial charge is 0.325 e. The average Bonchev–Trinajstić information content (AvgIpc) is 2.67. The first-order chi connectivity index (χ1) is 8.13. The Labute approximate surface area is 102 Å². The molecule has 0 aliphatic heterocycles. The molecule has 90 valence electrons. The van der Waals surface area contributed by atoms with Gasteiger partial charge in [0.05, 0.1) is 0 Å². The molecule has 0 amide bonds. The van der Waals surface area contributed by atoms with E-state index in [0.29, 0.717) is 12.2 Å². The lowest BCUT2D eigenvalue weighted by atomic mass is 10.3. The Bertz CT molecular complexity index is 557. The molecule has 2 heterocycles. The molecule has 2 N–H and O–H groups in total. The van der Waals surface area contributed by atoms with Gasteiger partial charge in [0.2, 0.25) is 0 Å². The van der Waals surface area contributed by atoms with Crippen molar-refractivity contribution in [1.29, 1.82) is 0 Å². The molecule has 0 aliphatic carbocycles. The molecule has 0 unspecified atom stereocenters. The molecular weight excluding hydrogens is 238 g/mol. The predicted octanol–water partition coefficient (Wildman–Crippen LogP) is 0.757. The van der Waals surface area contributed by atoms with E-state index in [1.54, 1.807) is 11.3 Å². The third kappa shape index (κ3) is 3.40. The molecule has 0 aromatic carbocycles. The zero-order chi connectivity index (χ0) is 12.3. The van der Waals surface area contributed by atoms with Gasteiger partial charge in [-0.25, -0.2) is 4.79 Å². The van der Waals surface area contributed by atoms with E-state index in [9.17, 15) is 9.59 Å². The first-order valence-electron chi connectivity index (χ1n) is 5.15. The lowest BCUT2D eigenvalue weighted by molar-refractivity contribution is 0.315. The van der Waals surface area contributed by atoms with Crippen molar-refractivity contribution in [3.05, 3.63) is 55.0 Å². The van der Waals surface area contributed by atoms with Crippen molar-refractivity contribution in [3.8, 4) is 0 Å². The molecule has 2 aromatic heterocycles. The van der Waals surface area contributed by atoms with E-state index in [-0.39, 0.29) is 5.56 Å². The van der Waals surface area contributed by atoms with E-state index in [4.69, 9.17) is 0 Å². The molecule has 0 aliphatic rings. The number of H-pyrrole nitrogens is 2. The fourth-order valence-corrected chi connectivity index (χ4v) is 2.31. The fourth-order valence-electron chi connectivity index (χ4n) is 1.65. The molecule has 5 nitrogen and oxygen atoms in total. The van der Waals surface area contributed by atoms with Crippen LogP contribution in [0, 0.1) is 0 Å².